The topological polar surface area (TPSA) is 26.0 Å². The van der Waals surface area contributed by atoms with E-state index in [4.69, 9.17) is 5.73 Å². The second-order valence-electron chi connectivity index (χ2n) is 3.70. The molecule has 0 saturated carbocycles. The Morgan fingerprint density at radius 3 is 2.93 bits per heavy atom. The van der Waals surface area contributed by atoms with E-state index in [1.807, 2.05) is 30.8 Å². The average molecular weight is 217 g/mol. The number of thioether (sulfide) groups is 1. The van der Waals surface area contributed by atoms with Gasteiger partial charge in [-0.3, -0.25) is 0 Å². The minimum Gasteiger partial charge on any atom is -0.398 e. The molecule has 78 valence electrons. The van der Waals surface area contributed by atoms with Crippen LogP contribution in [0.4, 0.5) is 5.69 Å². The first kappa shape index (κ1) is 10.4. The molecule has 0 bridgehead atoms. The van der Waals surface area contributed by atoms with E-state index < -0.39 is 0 Å². The van der Waals surface area contributed by atoms with Crippen LogP contribution in [0.15, 0.2) is 40.8 Å². The van der Waals surface area contributed by atoms with Gasteiger partial charge >= 0.3 is 0 Å². The van der Waals surface area contributed by atoms with Crippen molar-refractivity contribution in [1.82, 2.24) is 0 Å². The van der Waals surface area contributed by atoms with Gasteiger partial charge in [0.1, 0.15) is 0 Å². The van der Waals surface area contributed by atoms with E-state index in [0.29, 0.717) is 0 Å². The molecule has 0 radical (unpaired) electrons. The Morgan fingerprint density at radius 1 is 1.40 bits per heavy atom. The molecular formula is C13H15NS. The van der Waals surface area contributed by atoms with E-state index in [9.17, 15) is 0 Å². The van der Waals surface area contributed by atoms with Gasteiger partial charge in [0.2, 0.25) is 0 Å². The van der Waals surface area contributed by atoms with Gasteiger partial charge in [0.05, 0.1) is 0 Å². The van der Waals surface area contributed by atoms with Crippen molar-refractivity contribution in [2.75, 3.05) is 11.5 Å². The van der Waals surface area contributed by atoms with E-state index in [0.717, 1.165) is 11.4 Å². The molecule has 0 aliphatic carbocycles. The zero-order chi connectivity index (χ0) is 10.8. The van der Waals surface area contributed by atoms with Crippen LogP contribution < -0.4 is 5.73 Å². The Labute approximate surface area is 95.1 Å². The predicted molar refractivity (Wildman–Crippen MR) is 69.0 cm³/mol. The van der Waals surface area contributed by atoms with Crippen LogP contribution in [0.1, 0.15) is 19.4 Å². The van der Waals surface area contributed by atoms with Gasteiger partial charge in [0, 0.05) is 21.9 Å². The Kier molecular flexibility index (Phi) is 2.87. The molecular weight excluding hydrogens is 202 g/mol. The molecule has 0 fully saturated rings. The maximum atomic E-state index is 6.04. The molecule has 2 heteroatoms. The van der Waals surface area contributed by atoms with Crippen LogP contribution in [0.3, 0.4) is 0 Å². The molecule has 15 heavy (non-hydrogen) atoms. The quantitative estimate of drug-likeness (QED) is 0.725. The summed E-state index contributed by atoms with van der Waals surface area (Å²) in [5.74, 6) is 1.07. The largest absolute Gasteiger partial charge is 0.398 e. The number of benzene rings is 1. The third-order valence-corrected chi connectivity index (χ3v) is 3.79. The molecule has 2 rings (SSSR count). The van der Waals surface area contributed by atoms with E-state index >= 15 is 0 Å². The van der Waals surface area contributed by atoms with Crippen molar-refractivity contribution in [3.05, 3.63) is 41.5 Å². The lowest BCUT2D eigenvalue weighted by Gasteiger charge is -2.20. The fourth-order valence-electron chi connectivity index (χ4n) is 1.83. The summed E-state index contributed by atoms with van der Waals surface area (Å²) in [5.41, 5.74) is 10.8. The highest BCUT2D eigenvalue weighted by molar-refractivity contribution is 7.99. The Bertz CT molecular complexity index is 444. The molecule has 0 saturated heterocycles. The summed E-state index contributed by atoms with van der Waals surface area (Å²) in [4.78, 5) is 1.30. The summed E-state index contributed by atoms with van der Waals surface area (Å²) in [6.45, 7) is 4.22. The monoisotopic (exact) mass is 217 g/mol. The molecule has 1 aliphatic heterocycles. The van der Waals surface area contributed by atoms with Gasteiger partial charge in [0.15, 0.2) is 0 Å². The molecule has 1 heterocycles. The smallest absolute Gasteiger partial charge is 0.0405 e. The molecule has 2 N–H and O–H groups in total. The summed E-state index contributed by atoms with van der Waals surface area (Å²) in [5, 5.41) is 0. The summed E-state index contributed by atoms with van der Waals surface area (Å²) < 4.78 is 0. The average Bonchev–Trinajstić information content (AvgIpc) is 2.23. The Morgan fingerprint density at radius 2 is 2.20 bits per heavy atom. The number of nitrogen functional groups attached to an aromatic ring is 1. The molecule has 1 aromatic rings. The number of allylic oxidation sites excluding steroid dienone is 3. The van der Waals surface area contributed by atoms with Crippen LogP contribution in [0.25, 0.3) is 5.57 Å². The zero-order valence-electron chi connectivity index (χ0n) is 9.08. The summed E-state index contributed by atoms with van der Waals surface area (Å²) in [6, 6.07) is 6.14. The molecule has 0 atom stereocenters. The van der Waals surface area contributed by atoms with E-state index in [1.54, 1.807) is 0 Å². The van der Waals surface area contributed by atoms with Gasteiger partial charge in [-0.05, 0) is 31.6 Å². The minimum absolute atomic E-state index is 0.882. The van der Waals surface area contributed by atoms with Gasteiger partial charge in [-0.15, -0.1) is 11.8 Å². The van der Waals surface area contributed by atoms with Crippen LogP contribution in [-0.2, 0) is 0 Å². The molecule has 0 aromatic heterocycles. The lowest BCUT2D eigenvalue weighted by atomic mass is 9.98. The van der Waals surface area contributed by atoms with Crippen molar-refractivity contribution in [3.63, 3.8) is 0 Å². The first-order valence-corrected chi connectivity index (χ1v) is 6.06. The standard InChI is InChI=1S/C13H15NS/c1-3-5-10-9(2)8-15-12-7-4-6-11(14)13(10)12/h3-7H,8,14H2,1-2H3/b5-3-. The number of fused-ring (bicyclic) bond motifs is 1. The number of anilines is 1. The highest BCUT2D eigenvalue weighted by Crippen LogP contribution is 2.40. The van der Waals surface area contributed by atoms with Crippen LogP contribution in [0.2, 0.25) is 0 Å². The summed E-state index contributed by atoms with van der Waals surface area (Å²) in [6.07, 6.45) is 4.23. The lowest BCUT2D eigenvalue weighted by Crippen LogP contribution is -2.02. The van der Waals surface area contributed by atoms with Gasteiger partial charge < -0.3 is 5.73 Å². The zero-order valence-corrected chi connectivity index (χ0v) is 9.90. The van der Waals surface area contributed by atoms with Gasteiger partial charge in [0.25, 0.3) is 0 Å². The summed E-state index contributed by atoms with van der Waals surface area (Å²) in [7, 11) is 0. The van der Waals surface area contributed by atoms with E-state index in [1.165, 1.54) is 21.6 Å². The SMILES string of the molecule is C/C=C\C1=C(C)CSc2cccc(N)c21. The Balaban J connectivity index is 2.64. The van der Waals surface area contributed by atoms with Crippen LogP contribution in [0.5, 0.6) is 0 Å². The van der Waals surface area contributed by atoms with E-state index in [-0.39, 0.29) is 0 Å². The third-order valence-electron chi connectivity index (χ3n) is 2.57. The first-order chi connectivity index (χ1) is 7.24. The number of hydrogen-bond acceptors (Lipinski definition) is 2. The number of nitrogens with two attached hydrogens (primary N) is 1. The van der Waals surface area contributed by atoms with Crippen molar-refractivity contribution in [2.24, 2.45) is 0 Å². The van der Waals surface area contributed by atoms with E-state index in [2.05, 4.69) is 25.1 Å². The summed E-state index contributed by atoms with van der Waals surface area (Å²) >= 11 is 1.87. The van der Waals surface area contributed by atoms with Crippen LogP contribution >= 0.6 is 11.8 Å². The molecule has 1 aromatic carbocycles. The Hall–Kier alpha value is -1.15. The number of rotatable bonds is 1. The highest BCUT2D eigenvalue weighted by atomic mass is 32.2. The minimum atomic E-state index is 0.882. The number of hydrogen-bond donors (Lipinski definition) is 1. The van der Waals surface area contributed by atoms with Gasteiger partial charge in [-0.1, -0.05) is 23.8 Å². The van der Waals surface area contributed by atoms with Crippen molar-refractivity contribution in [3.8, 4) is 0 Å². The second-order valence-corrected chi connectivity index (χ2v) is 4.72. The molecule has 0 spiro atoms. The van der Waals surface area contributed by atoms with Crippen molar-refractivity contribution < 1.29 is 0 Å². The van der Waals surface area contributed by atoms with Crippen LogP contribution in [-0.4, -0.2) is 5.75 Å². The highest BCUT2D eigenvalue weighted by Gasteiger charge is 2.16. The second kappa shape index (κ2) is 4.15. The van der Waals surface area contributed by atoms with Crippen molar-refractivity contribution in [1.29, 1.82) is 0 Å². The van der Waals surface area contributed by atoms with Crippen molar-refractivity contribution in [2.45, 2.75) is 18.7 Å². The van der Waals surface area contributed by atoms with Gasteiger partial charge in [-0.25, -0.2) is 0 Å². The normalized spacial score (nSPS) is 15.9. The third kappa shape index (κ3) is 1.82. The maximum absolute atomic E-state index is 6.04. The molecule has 1 nitrogen and oxygen atoms in total. The fourth-order valence-corrected chi connectivity index (χ4v) is 2.90. The predicted octanol–water partition coefficient (Wildman–Crippen LogP) is 3.72. The van der Waals surface area contributed by atoms with Crippen molar-refractivity contribution >= 4 is 23.0 Å². The molecule has 0 amide bonds. The fraction of sp³-hybridized carbons (Fsp3) is 0.231. The first-order valence-electron chi connectivity index (χ1n) is 5.08. The lowest BCUT2D eigenvalue weighted by molar-refractivity contribution is 1.31. The van der Waals surface area contributed by atoms with Gasteiger partial charge in [-0.2, -0.15) is 0 Å². The molecule has 0 unspecified atom stereocenters. The maximum Gasteiger partial charge on any atom is 0.0405 e. The van der Waals surface area contributed by atoms with Crippen LogP contribution in [0, 0.1) is 0 Å². The molecule has 1 aliphatic rings.